The third-order valence-electron chi connectivity index (χ3n) is 2.14. The highest BCUT2D eigenvalue weighted by molar-refractivity contribution is 9.10. The van der Waals surface area contributed by atoms with Crippen LogP contribution in [0.5, 0.6) is 5.75 Å². The van der Waals surface area contributed by atoms with Gasteiger partial charge in [-0.2, -0.15) is 0 Å². The fourth-order valence-electron chi connectivity index (χ4n) is 1.53. The lowest BCUT2D eigenvalue weighted by atomic mass is 10.1. The fraction of sp³-hybridized carbons (Fsp3) is 0.273. The van der Waals surface area contributed by atoms with E-state index in [1.807, 2.05) is 24.3 Å². The second-order valence-electron chi connectivity index (χ2n) is 3.23. The number of hydrogen-bond acceptors (Lipinski definition) is 3. The van der Waals surface area contributed by atoms with Crippen molar-refractivity contribution in [3.63, 3.8) is 0 Å². The Morgan fingerprint density at radius 2 is 2.33 bits per heavy atom. The van der Waals surface area contributed by atoms with Gasteiger partial charge in [0.2, 0.25) is 0 Å². The van der Waals surface area contributed by atoms with Crippen molar-refractivity contribution >= 4 is 22.0 Å². The lowest BCUT2D eigenvalue weighted by Crippen LogP contribution is -2.12. The summed E-state index contributed by atoms with van der Waals surface area (Å²) in [7, 11) is 0. The van der Waals surface area contributed by atoms with Gasteiger partial charge < -0.3 is 15.2 Å². The van der Waals surface area contributed by atoms with Gasteiger partial charge in [0.1, 0.15) is 5.75 Å². The van der Waals surface area contributed by atoms with Crippen LogP contribution in [0.3, 0.4) is 0 Å². The largest absolute Gasteiger partial charge is 0.467 e. The van der Waals surface area contributed by atoms with E-state index in [1.165, 1.54) is 0 Å². The second-order valence-corrected chi connectivity index (χ2v) is 4.15. The maximum absolute atomic E-state index is 5.47. The number of fused-ring (bicyclic) bond motifs is 1. The summed E-state index contributed by atoms with van der Waals surface area (Å²) >= 11 is 3.46. The molecule has 0 amide bonds. The van der Waals surface area contributed by atoms with E-state index < -0.39 is 0 Å². The summed E-state index contributed by atoms with van der Waals surface area (Å²) < 4.78 is 11.7. The molecule has 15 heavy (non-hydrogen) atoms. The molecule has 1 aromatic carbocycles. The summed E-state index contributed by atoms with van der Waals surface area (Å²) in [5.41, 5.74) is 7.52. The number of hydrogen-bond donors (Lipinski definition) is 1. The Kier molecular flexibility index (Phi) is 3.41. The smallest absolute Gasteiger partial charge is 0.189 e. The molecule has 0 aliphatic carbocycles. The average Bonchev–Trinajstić information content (AvgIpc) is 2.25. The number of rotatable bonds is 2. The average molecular weight is 270 g/mol. The molecule has 2 rings (SSSR count). The Morgan fingerprint density at radius 1 is 1.47 bits per heavy atom. The molecule has 1 aliphatic heterocycles. The quantitative estimate of drug-likeness (QED) is 0.896. The van der Waals surface area contributed by atoms with Gasteiger partial charge in [-0.3, -0.25) is 0 Å². The maximum atomic E-state index is 5.47. The molecule has 1 heterocycles. The molecule has 1 aliphatic rings. The third-order valence-corrected chi connectivity index (χ3v) is 2.59. The lowest BCUT2D eigenvalue weighted by molar-refractivity contribution is -0.0165. The van der Waals surface area contributed by atoms with E-state index >= 15 is 0 Å². The Morgan fingerprint density at radius 3 is 3.13 bits per heavy atom. The van der Waals surface area contributed by atoms with Gasteiger partial charge in [-0.05, 0) is 12.1 Å². The van der Waals surface area contributed by atoms with Crippen molar-refractivity contribution in [2.75, 3.05) is 13.3 Å². The first-order valence-electron chi connectivity index (χ1n) is 4.71. The summed E-state index contributed by atoms with van der Waals surface area (Å²) in [6.07, 6.45) is 3.87. The van der Waals surface area contributed by atoms with Crippen LogP contribution in [-0.2, 0) is 11.3 Å². The normalized spacial score (nSPS) is 15.1. The van der Waals surface area contributed by atoms with Crippen molar-refractivity contribution in [2.45, 2.75) is 6.61 Å². The standard InChI is InChI=1S/C11H12BrNO2/c12-10-4-8(2-1-3-13)11-9(5-10)6-14-7-15-11/h1-2,4-5H,3,6-7,13H2/b2-1+. The molecule has 0 saturated carbocycles. The van der Waals surface area contributed by atoms with E-state index in [0.717, 1.165) is 21.3 Å². The van der Waals surface area contributed by atoms with Crippen molar-refractivity contribution < 1.29 is 9.47 Å². The molecule has 3 nitrogen and oxygen atoms in total. The molecule has 0 fully saturated rings. The van der Waals surface area contributed by atoms with Crippen LogP contribution in [0.2, 0.25) is 0 Å². The predicted molar refractivity (Wildman–Crippen MR) is 62.5 cm³/mol. The van der Waals surface area contributed by atoms with E-state index in [4.69, 9.17) is 15.2 Å². The monoisotopic (exact) mass is 269 g/mol. The first kappa shape index (κ1) is 10.7. The summed E-state index contributed by atoms with van der Waals surface area (Å²) in [6.45, 7) is 1.44. The van der Waals surface area contributed by atoms with Gasteiger partial charge in [0.05, 0.1) is 6.61 Å². The highest BCUT2D eigenvalue weighted by atomic mass is 79.9. The molecule has 0 saturated heterocycles. The molecule has 0 spiro atoms. The van der Waals surface area contributed by atoms with E-state index in [0.29, 0.717) is 19.9 Å². The zero-order valence-electron chi connectivity index (χ0n) is 8.20. The minimum atomic E-state index is 0.318. The molecule has 2 N–H and O–H groups in total. The minimum absolute atomic E-state index is 0.318. The van der Waals surface area contributed by atoms with Crippen molar-refractivity contribution in [3.8, 4) is 5.75 Å². The summed E-state index contributed by atoms with van der Waals surface area (Å²) in [5, 5.41) is 0. The molecule has 4 heteroatoms. The van der Waals surface area contributed by atoms with E-state index in [9.17, 15) is 0 Å². The van der Waals surface area contributed by atoms with Crippen molar-refractivity contribution in [1.82, 2.24) is 0 Å². The van der Waals surface area contributed by atoms with Gasteiger partial charge in [-0.1, -0.05) is 28.1 Å². The highest BCUT2D eigenvalue weighted by Crippen LogP contribution is 2.32. The van der Waals surface area contributed by atoms with Gasteiger partial charge in [0.25, 0.3) is 0 Å². The van der Waals surface area contributed by atoms with Gasteiger partial charge in [0, 0.05) is 22.1 Å². The molecule has 80 valence electrons. The number of benzene rings is 1. The molecule has 1 aromatic rings. The molecule has 0 atom stereocenters. The van der Waals surface area contributed by atoms with Crippen molar-refractivity contribution in [3.05, 3.63) is 33.8 Å². The second kappa shape index (κ2) is 4.79. The molecular weight excluding hydrogens is 258 g/mol. The zero-order valence-corrected chi connectivity index (χ0v) is 9.79. The van der Waals surface area contributed by atoms with Gasteiger partial charge in [-0.25, -0.2) is 0 Å². The molecule has 0 unspecified atom stereocenters. The van der Waals surface area contributed by atoms with Crippen LogP contribution < -0.4 is 10.5 Å². The number of halogens is 1. The van der Waals surface area contributed by atoms with Crippen LogP contribution in [0, 0.1) is 0 Å². The fourth-order valence-corrected chi connectivity index (χ4v) is 2.05. The zero-order chi connectivity index (χ0) is 10.7. The van der Waals surface area contributed by atoms with Crippen LogP contribution in [-0.4, -0.2) is 13.3 Å². The lowest BCUT2D eigenvalue weighted by Gasteiger charge is -2.19. The van der Waals surface area contributed by atoms with Crippen LogP contribution in [0.1, 0.15) is 11.1 Å². The van der Waals surface area contributed by atoms with Crippen molar-refractivity contribution in [1.29, 1.82) is 0 Å². The summed E-state index contributed by atoms with van der Waals surface area (Å²) in [5.74, 6) is 0.897. The summed E-state index contributed by atoms with van der Waals surface area (Å²) in [6, 6.07) is 4.02. The van der Waals surface area contributed by atoms with Gasteiger partial charge >= 0.3 is 0 Å². The topological polar surface area (TPSA) is 44.5 Å². The minimum Gasteiger partial charge on any atom is -0.467 e. The molecule has 0 bridgehead atoms. The Balaban J connectivity index is 2.43. The SMILES string of the molecule is NC/C=C/c1cc(Br)cc2c1OCOC2. The Bertz CT molecular complexity index is 390. The maximum Gasteiger partial charge on any atom is 0.189 e. The molecule has 0 radical (unpaired) electrons. The van der Waals surface area contributed by atoms with Crippen LogP contribution in [0.4, 0.5) is 0 Å². The third kappa shape index (κ3) is 2.40. The van der Waals surface area contributed by atoms with Gasteiger partial charge in [0.15, 0.2) is 6.79 Å². The van der Waals surface area contributed by atoms with E-state index in [2.05, 4.69) is 15.9 Å². The number of nitrogens with two attached hydrogens (primary N) is 1. The predicted octanol–water partition coefficient (Wildman–Crippen LogP) is 2.29. The first-order valence-corrected chi connectivity index (χ1v) is 5.50. The first-order chi connectivity index (χ1) is 7.31. The Hall–Kier alpha value is -0.840. The van der Waals surface area contributed by atoms with Gasteiger partial charge in [-0.15, -0.1) is 0 Å². The highest BCUT2D eigenvalue weighted by Gasteiger charge is 2.14. The molecular formula is C11H12BrNO2. The Labute approximate surface area is 97.0 Å². The summed E-state index contributed by atoms with van der Waals surface area (Å²) in [4.78, 5) is 0. The van der Waals surface area contributed by atoms with Crippen LogP contribution in [0.15, 0.2) is 22.7 Å². The van der Waals surface area contributed by atoms with E-state index in [-0.39, 0.29) is 0 Å². The molecule has 0 aromatic heterocycles. The van der Waals surface area contributed by atoms with Crippen LogP contribution >= 0.6 is 15.9 Å². The van der Waals surface area contributed by atoms with E-state index in [1.54, 1.807) is 0 Å². The van der Waals surface area contributed by atoms with Crippen LogP contribution in [0.25, 0.3) is 6.08 Å². The number of ether oxygens (including phenoxy) is 2. The van der Waals surface area contributed by atoms with Crippen molar-refractivity contribution in [2.24, 2.45) is 5.73 Å².